The molecule has 0 bridgehead atoms. The number of ether oxygens (including phenoxy) is 2. The van der Waals surface area contributed by atoms with E-state index < -0.39 is 0 Å². The van der Waals surface area contributed by atoms with Gasteiger partial charge in [0, 0.05) is 13.0 Å². The first-order valence-electron chi connectivity index (χ1n) is 9.04. The summed E-state index contributed by atoms with van der Waals surface area (Å²) in [5, 5.41) is 0. The molecule has 0 aromatic rings. The first-order chi connectivity index (χ1) is 10.3. The molecule has 3 nitrogen and oxygen atoms in total. The molecule has 0 amide bonds. The zero-order valence-corrected chi connectivity index (χ0v) is 14.3. The summed E-state index contributed by atoms with van der Waals surface area (Å²) in [5.74, 6) is -0.0841. The quantitative estimate of drug-likeness (QED) is 0.288. The lowest BCUT2D eigenvalue weighted by Gasteiger charge is -2.06. The summed E-state index contributed by atoms with van der Waals surface area (Å²) in [6, 6.07) is 0. The van der Waals surface area contributed by atoms with Crippen molar-refractivity contribution in [3.05, 3.63) is 0 Å². The van der Waals surface area contributed by atoms with E-state index >= 15 is 0 Å². The largest absolute Gasteiger partial charge is 0.463 e. The topological polar surface area (TPSA) is 35.5 Å². The van der Waals surface area contributed by atoms with Crippen molar-refractivity contribution in [3.63, 3.8) is 0 Å². The first-order valence-corrected chi connectivity index (χ1v) is 9.04. The molecule has 0 radical (unpaired) electrons. The minimum absolute atomic E-state index is 0.0841. The molecule has 0 aliphatic carbocycles. The molecular formula is C18H36O3. The van der Waals surface area contributed by atoms with Crippen molar-refractivity contribution in [2.24, 2.45) is 0 Å². The third-order valence-corrected chi connectivity index (χ3v) is 3.62. The summed E-state index contributed by atoms with van der Waals surface area (Å²) < 4.78 is 10.6. The van der Waals surface area contributed by atoms with Gasteiger partial charge in [0.05, 0.1) is 6.61 Å². The lowest BCUT2D eigenvalue weighted by molar-refractivity contribution is -0.145. The van der Waals surface area contributed by atoms with Crippen molar-refractivity contribution in [1.82, 2.24) is 0 Å². The van der Waals surface area contributed by atoms with Gasteiger partial charge >= 0.3 is 5.97 Å². The van der Waals surface area contributed by atoms with E-state index in [2.05, 4.69) is 13.8 Å². The number of carbonyl (C=O) groups excluding carboxylic acids is 1. The average molecular weight is 300 g/mol. The third-order valence-electron chi connectivity index (χ3n) is 3.62. The van der Waals surface area contributed by atoms with Crippen LogP contribution in [0.25, 0.3) is 0 Å². The molecule has 0 N–H and O–H groups in total. The van der Waals surface area contributed by atoms with Crippen LogP contribution in [0.3, 0.4) is 0 Å². The van der Waals surface area contributed by atoms with Gasteiger partial charge in [-0.05, 0) is 12.8 Å². The maximum Gasteiger partial charge on any atom is 0.305 e. The average Bonchev–Trinajstić information content (AvgIpc) is 2.48. The van der Waals surface area contributed by atoms with Gasteiger partial charge < -0.3 is 9.47 Å². The van der Waals surface area contributed by atoms with Gasteiger partial charge in [0.15, 0.2) is 0 Å². The highest BCUT2D eigenvalue weighted by Crippen LogP contribution is 2.08. The number of unbranched alkanes of at least 4 members (excludes halogenated alkanes) is 9. The van der Waals surface area contributed by atoms with E-state index in [-0.39, 0.29) is 5.97 Å². The number of hydrogen-bond acceptors (Lipinski definition) is 3. The minimum atomic E-state index is -0.0841. The molecule has 21 heavy (non-hydrogen) atoms. The molecule has 0 unspecified atom stereocenters. The van der Waals surface area contributed by atoms with Gasteiger partial charge in [0.25, 0.3) is 0 Å². The van der Waals surface area contributed by atoms with E-state index in [9.17, 15) is 4.79 Å². The van der Waals surface area contributed by atoms with Crippen molar-refractivity contribution in [2.45, 2.75) is 90.9 Å². The monoisotopic (exact) mass is 300 g/mol. The fourth-order valence-corrected chi connectivity index (χ4v) is 2.25. The Morgan fingerprint density at radius 1 is 0.667 bits per heavy atom. The Hall–Kier alpha value is -0.570. The fourth-order valence-electron chi connectivity index (χ4n) is 2.25. The summed E-state index contributed by atoms with van der Waals surface area (Å²) in [6.45, 7) is 6.12. The molecule has 0 spiro atoms. The first kappa shape index (κ1) is 20.4. The van der Waals surface area contributed by atoms with Crippen LogP contribution in [0.15, 0.2) is 0 Å². The molecule has 0 aromatic carbocycles. The second-order valence-electron chi connectivity index (χ2n) is 5.76. The molecule has 0 aromatic heterocycles. The van der Waals surface area contributed by atoms with Crippen LogP contribution in [-0.2, 0) is 14.3 Å². The fraction of sp³-hybridized carbons (Fsp3) is 0.944. The second kappa shape index (κ2) is 17.5. The Kier molecular flexibility index (Phi) is 17.0. The van der Waals surface area contributed by atoms with Crippen LogP contribution in [0.2, 0.25) is 0 Å². The van der Waals surface area contributed by atoms with Crippen molar-refractivity contribution >= 4 is 5.97 Å². The van der Waals surface area contributed by atoms with Gasteiger partial charge in [-0.2, -0.15) is 0 Å². The zero-order valence-electron chi connectivity index (χ0n) is 14.3. The van der Waals surface area contributed by atoms with E-state index in [1.165, 1.54) is 44.9 Å². The van der Waals surface area contributed by atoms with E-state index in [0.717, 1.165) is 32.3 Å². The Bertz CT molecular complexity index is 217. The van der Waals surface area contributed by atoms with Crippen LogP contribution >= 0.6 is 0 Å². The van der Waals surface area contributed by atoms with Gasteiger partial charge in [0.2, 0.25) is 0 Å². The summed E-state index contributed by atoms with van der Waals surface area (Å²) in [6.07, 6.45) is 14.2. The van der Waals surface area contributed by atoms with Gasteiger partial charge in [-0.1, -0.05) is 71.6 Å². The molecule has 126 valence electrons. The molecule has 0 aliphatic rings. The van der Waals surface area contributed by atoms with Crippen LogP contribution in [-0.4, -0.2) is 25.8 Å². The van der Waals surface area contributed by atoms with Gasteiger partial charge in [-0.25, -0.2) is 0 Å². The highest BCUT2D eigenvalue weighted by atomic mass is 16.6. The smallest absolute Gasteiger partial charge is 0.305 e. The van der Waals surface area contributed by atoms with E-state index in [1.807, 2.05) is 0 Å². The molecule has 0 fully saturated rings. The minimum Gasteiger partial charge on any atom is -0.463 e. The zero-order chi connectivity index (χ0) is 15.6. The summed E-state index contributed by atoms with van der Waals surface area (Å²) in [5.41, 5.74) is 0. The highest BCUT2D eigenvalue weighted by molar-refractivity contribution is 5.69. The van der Waals surface area contributed by atoms with Crippen LogP contribution in [0.1, 0.15) is 90.9 Å². The number of carbonyl (C=O) groups is 1. The van der Waals surface area contributed by atoms with Gasteiger partial charge in [-0.15, -0.1) is 0 Å². The predicted octanol–water partition coefficient (Wildman–Crippen LogP) is 5.27. The molecule has 0 heterocycles. The Morgan fingerprint density at radius 3 is 1.90 bits per heavy atom. The summed E-state index contributed by atoms with van der Waals surface area (Å²) in [7, 11) is 0. The van der Waals surface area contributed by atoms with Crippen LogP contribution in [0, 0.1) is 0 Å². The van der Waals surface area contributed by atoms with E-state index in [4.69, 9.17) is 9.47 Å². The number of esters is 1. The highest BCUT2D eigenvalue weighted by Gasteiger charge is 2.01. The van der Waals surface area contributed by atoms with E-state index in [0.29, 0.717) is 19.6 Å². The standard InChI is InChI=1S/C18H36O3/c1-3-5-7-8-9-10-11-13-15-20-16-17-21-18(19)14-12-6-4-2/h3-17H2,1-2H3. The lowest BCUT2D eigenvalue weighted by Crippen LogP contribution is -2.10. The van der Waals surface area contributed by atoms with Crippen molar-refractivity contribution in [3.8, 4) is 0 Å². The van der Waals surface area contributed by atoms with Crippen LogP contribution < -0.4 is 0 Å². The summed E-state index contributed by atoms with van der Waals surface area (Å²) >= 11 is 0. The molecule has 0 saturated carbocycles. The molecular weight excluding hydrogens is 264 g/mol. The van der Waals surface area contributed by atoms with Crippen molar-refractivity contribution in [2.75, 3.05) is 19.8 Å². The van der Waals surface area contributed by atoms with Crippen molar-refractivity contribution < 1.29 is 14.3 Å². The van der Waals surface area contributed by atoms with E-state index in [1.54, 1.807) is 0 Å². The van der Waals surface area contributed by atoms with Crippen molar-refractivity contribution in [1.29, 1.82) is 0 Å². The molecule has 0 aliphatic heterocycles. The second-order valence-corrected chi connectivity index (χ2v) is 5.76. The van der Waals surface area contributed by atoms with Crippen LogP contribution in [0.5, 0.6) is 0 Å². The Morgan fingerprint density at radius 2 is 1.24 bits per heavy atom. The van der Waals surface area contributed by atoms with Gasteiger partial charge in [0.1, 0.15) is 6.61 Å². The summed E-state index contributed by atoms with van der Waals surface area (Å²) in [4.78, 5) is 11.3. The Balaban J connectivity index is 3.06. The maximum absolute atomic E-state index is 11.3. The number of rotatable bonds is 16. The Labute approximate surface area is 131 Å². The third kappa shape index (κ3) is 17.4. The van der Waals surface area contributed by atoms with Crippen LogP contribution in [0.4, 0.5) is 0 Å². The molecule has 0 saturated heterocycles. The lowest BCUT2D eigenvalue weighted by atomic mass is 10.1. The SMILES string of the molecule is CCCCCCCCCCOCCOC(=O)CCCCC. The molecule has 0 rings (SSSR count). The molecule has 3 heteroatoms. The predicted molar refractivity (Wildman–Crippen MR) is 88.5 cm³/mol. The number of hydrogen-bond donors (Lipinski definition) is 0. The molecule has 0 atom stereocenters. The van der Waals surface area contributed by atoms with Gasteiger partial charge in [-0.3, -0.25) is 4.79 Å². The normalized spacial score (nSPS) is 10.8. The maximum atomic E-state index is 11.3.